The highest BCUT2D eigenvalue weighted by atomic mass is 79.9. The Morgan fingerprint density at radius 1 is 0.655 bits per heavy atom. The van der Waals surface area contributed by atoms with E-state index in [1.54, 1.807) is 29.3 Å². The van der Waals surface area contributed by atoms with Crippen LogP contribution in [-0.4, -0.2) is 31.3 Å². The van der Waals surface area contributed by atoms with Crippen molar-refractivity contribution in [3.8, 4) is 11.5 Å². The number of methoxy groups -OCH3 is 2. The van der Waals surface area contributed by atoms with Crippen LogP contribution >= 0.6 is 15.9 Å². The molecule has 292 valence electrons. The minimum Gasteiger partial charge on any atom is -0.508 e. The molecule has 0 heterocycles. The number of hydrogen-bond acceptors (Lipinski definition) is 6. The van der Waals surface area contributed by atoms with E-state index in [1.165, 1.54) is 87.8 Å². The number of phenols is 1. The Bertz CT molecular complexity index is 1810. The summed E-state index contributed by atoms with van der Waals surface area (Å²) in [5.74, 6) is 0.774. The van der Waals surface area contributed by atoms with Gasteiger partial charge in [-0.1, -0.05) is 88.7 Å². The molecule has 2 aliphatic carbocycles. The maximum atomic E-state index is 11.6. The summed E-state index contributed by atoms with van der Waals surface area (Å²) in [4.78, 5) is 22.8. The van der Waals surface area contributed by atoms with Gasteiger partial charge in [-0.2, -0.15) is 0 Å². The molecule has 6 nitrogen and oxygen atoms in total. The summed E-state index contributed by atoms with van der Waals surface area (Å²) >= 11 is 3.49. The Morgan fingerprint density at radius 2 is 1.09 bits per heavy atom. The number of fused-ring (bicyclic) bond motifs is 2. The average Bonchev–Trinajstić information content (AvgIpc) is 3.23. The van der Waals surface area contributed by atoms with E-state index in [0.717, 1.165) is 28.6 Å². The number of benzene rings is 4. The van der Waals surface area contributed by atoms with Crippen LogP contribution in [0.3, 0.4) is 0 Å². The number of halogens is 1. The number of rotatable bonds is 14. The number of phenolic OH excluding ortho intramolecular Hbond substituents is 1. The Hall–Kier alpha value is -4.62. The molecule has 0 aliphatic heterocycles. The van der Waals surface area contributed by atoms with Crippen LogP contribution in [0.5, 0.6) is 11.5 Å². The molecule has 0 radical (unpaired) electrons. The molecule has 6 rings (SSSR count). The standard InChI is InChI=1S/C24H28O3.C13H16O3.C11H13Br/c1-3-6-21(16-24(25)26-2)20-11-13-23(14-12-20)27-17-18-9-10-19-7-4-5-8-22(19)15-18;1-3-4-11(9-13(15)16-2)10-5-7-12(14)8-6-10;12-8-9-5-6-10-3-1-2-4-11(10)7-9/h3,9-15,21H,1,4-8,16-17H2,2H3;3,5-8,11,14H,1,4,9H2,2H3;5-7H,1-4,8H2/t21-;11-;/m11./s1. The van der Waals surface area contributed by atoms with Crippen molar-refractivity contribution in [3.05, 3.63) is 155 Å². The Morgan fingerprint density at radius 3 is 1.55 bits per heavy atom. The van der Waals surface area contributed by atoms with Gasteiger partial charge in [-0.15, -0.1) is 13.2 Å². The number of hydrogen-bond donors (Lipinski definition) is 1. The fourth-order valence-corrected chi connectivity index (χ4v) is 7.49. The lowest BCUT2D eigenvalue weighted by Gasteiger charge is -2.17. The zero-order chi connectivity index (χ0) is 39.4. The van der Waals surface area contributed by atoms with Crippen molar-refractivity contribution < 1.29 is 28.9 Å². The van der Waals surface area contributed by atoms with E-state index in [2.05, 4.69) is 70.2 Å². The lowest BCUT2D eigenvalue weighted by Crippen LogP contribution is -2.08. The van der Waals surface area contributed by atoms with Crippen LogP contribution in [0, 0.1) is 0 Å². The molecule has 0 saturated heterocycles. The number of aryl methyl sites for hydroxylation is 4. The second kappa shape index (κ2) is 23.3. The molecule has 4 aromatic carbocycles. The molecular formula is C48H57BrO6. The molecule has 2 atom stereocenters. The average molecular weight is 810 g/mol. The van der Waals surface area contributed by atoms with Crippen molar-refractivity contribution in [2.45, 2.75) is 101 Å². The van der Waals surface area contributed by atoms with Crippen molar-refractivity contribution in [2.24, 2.45) is 0 Å². The van der Waals surface area contributed by atoms with Gasteiger partial charge >= 0.3 is 11.9 Å². The molecule has 0 amide bonds. The molecule has 7 heteroatoms. The number of ether oxygens (including phenoxy) is 3. The first-order chi connectivity index (χ1) is 26.8. The molecule has 0 fully saturated rings. The van der Waals surface area contributed by atoms with Crippen molar-refractivity contribution in [3.63, 3.8) is 0 Å². The van der Waals surface area contributed by atoms with E-state index in [-0.39, 0.29) is 29.5 Å². The summed E-state index contributed by atoms with van der Waals surface area (Å²) < 4.78 is 15.4. The van der Waals surface area contributed by atoms with E-state index in [9.17, 15) is 14.7 Å². The monoisotopic (exact) mass is 808 g/mol. The summed E-state index contributed by atoms with van der Waals surface area (Å²) in [6.07, 6.45) is 16.1. The minimum absolute atomic E-state index is 0.0607. The second-order valence-electron chi connectivity index (χ2n) is 14.2. The zero-order valence-corrected chi connectivity index (χ0v) is 34.2. The van der Waals surface area contributed by atoms with Crippen LogP contribution in [0.2, 0.25) is 0 Å². The summed E-state index contributed by atoms with van der Waals surface area (Å²) in [6, 6.07) is 28.5. The van der Waals surface area contributed by atoms with Crippen LogP contribution in [0.4, 0.5) is 0 Å². The summed E-state index contributed by atoms with van der Waals surface area (Å²) in [5.41, 5.74) is 10.9. The summed E-state index contributed by atoms with van der Waals surface area (Å²) in [5, 5.41) is 10.2. The molecule has 1 N–H and O–H groups in total. The van der Waals surface area contributed by atoms with Crippen molar-refractivity contribution >= 4 is 27.9 Å². The topological polar surface area (TPSA) is 82.1 Å². The molecule has 0 saturated carbocycles. The molecule has 0 bridgehead atoms. The number of alkyl halides is 1. The quantitative estimate of drug-likeness (QED) is 0.0776. The van der Waals surface area contributed by atoms with Gasteiger partial charge in [0.2, 0.25) is 0 Å². The van der Waals surface area contributed by atoms with E-state index < -0.39 is 0 Å². The largest absolute Gasteiger partial charge is 0.508 e. The normalized spacial score (nSPS) is 13.8. The molecule has 55 heavy (non-hydrogen) atoms. The van der Waals surface area contributed by atoms with Gasteiger partial charge < -0.3 is 19.3 Å². The Balaban J connectivity index is 0.000000203. The molecular weight excluding hydrogens is 752 g/mol. The van der Waals surface area contributed by atoms with Crippen LogP contribution in [0.1, 0.15) is 108 Å². The van der Waals surface area contributed by atoms with E-state index in [0.29, 0.717) is 25.9 Å². The maximum absolute atomic E-state index is 11.6. The predicted octanol–water partition coefficient (Wildman–Crippen LogP) is 11.4. The molecule has 0 aromatic heterocycles. The first-order valence-corrected chi connectivity index (χ1v) is 20.5. The number of aromatic hydroxyl groups is 1. The van der Waals surface area contributed by atoms with Gasteiger partial charge in [-0.05, 0) is 145 Å². The van der Waals surface area contributed by atoms with Crippen molar-refractivity contribution in [1.82, 2.24) is 0 Å². The second-order valence-corrected chi connectivity index (χ2v) is 14.8. The van der Waals surface area contributed by atoms with Gasteiger partial charge in [0.15, 0.2) is 0 Å². The fraction of sp³-hybridized carbons (Fsp3) is 0.375. The lowest BCUT2D eigenvalue weighted by atomic mass is 9.90. The van der Waals surface area contributed by atoms with Crippen molar-refractivity contribution in [2.75, 3.05) is 14.2 Å². The number of esters is 2. The third-order valence-corrected chi connectivity index (χ3v) is 10.9. The van der Waals surface area contributed by atoms with Crippen molar-refractivity contribution in [1.29, 1.82) is 0 Å². The SMILES string of the molecule is BrCc1ccc2c(c1)CCCC2.C=CC[C@H](CC(=O)OC)c1ccc(O)cc1.C=CC[C@H](CC(=O)OC)c1ccc(OCc2ccc3c(c2)CCCC3)cc1. The van der Waals surface area contributed by atoms with Crippen LogP contribution in [-0.2, 0) is 56.7 Å². The minimum atomic E-state index is -0.236. The first-order valence-electron chi connectivity index (χ1n) is 19.4. The fourth-order valence-electron chi connectivity index (χ4n) is 7.14. The van der Waals surface area contributed by atoms with Gasteiger partial charge in [0, 0.05) is 5.33 Å². The maximum Gasteiger partial charge on any atom is 0.306 e. The summed E-state index contributed by atoms with van der Waals surface area (Å²) in [6.45, 7) is 8.04. The predicted molar refractivity (Wildman–Crippen MR) is 226 cm³/mol. The highest BCUT2D eigenvalue weighted by Gasteiger charge is 2.17. The van der Waals surface area contributed by atoms with E-state index in [1.807, 2.05) is 42.5 Å². The highest BCUT2D eigenvalue weighted by molar-refractivity contribution is 9.08. The summed E-state index contributed by atoms with van der Waals surface area (Å²) in [7, 11) is 2.80. The third kappa shape index (κ3) is 14.2. The van der Waals surface area contributed by atoms with Crippen LogP contribution < -0.4 is 4.74 Å². The number of carbonyl (C=O) groups excluding carboxylic acids is 2. The van der Waals surface area contributed by atoms with E-state index in [4.69, 9.17) is 9.47 Å². The van der Waals surface area contributed by atoms with Gasteiger partial charge in [0.05, 0.1) is 27.1 Å². The Labute approximate surface area is 336 Å². The molecule has 4 aromatic rings. The van der Waals surface area contributed by atoms with Crippen LogP contribution in [0.15, 0.2) is 110 Å². The first kappa shape index (κ1) is 43.1. The lowest BCUT2D eigenvalue weighted by molar-refractivity contribution is -0.142. The van der Waals surface area contributed by atoms with Crippen LogP contribution in [0.25, 0.3) is 0 Å². The highest BCUT2D eigenvalue weighted by Crippen LogP contribution is 2.29. The Kier molecular flexibility index (Phi) is 18.3. The van der Waals surface area contributed by atoms with Gasteiger partial charge in [0.25, 0.3) is 0 Å². The number of allylic oxidation sites excluding steroid dienone is 2. The third-order valence-electron chi connectivity index (χ3n) is 10.3. The zero-order valence-electron chi connectivity index (χ0n) is 32.6. The molecule has 0 unspecified atom stereocenters. The molecule has 2 aliphatic rings. The number of carbonyl (C=O) groups is 2. The van der Waals surface area contributed by atoms with Gasteiger partial charge in [0.1, 0.15) is 18.1 Å². The van der Waals surface area contributed by atoms with E-state index >= 15 is 0 Å². The molecule has 0 spiro atoms. The van der Waals surface area contributed by atoms with Gasteiger partial charge in [-0.3, -0.25) is 9.59 Å². The van der Waals surface area contributed by atoms with Gasteiger partial charge in [-0.25, -0.2) is 0 Å². The smallest absolute Gasteiger partial charge is 0.306 e.